The number of aromatic nitrogens is 2. The van der Waals surface area contributed by atoms with Crippen molar-refractivity contribution in [2.75, 3.05) is 7.11 Å². The van der Waals surface area contributed by atoms with Crippen LogP contribution in [0.25, 0.3) is 5.69 Å². The van der Waals surface area contributed by atoms with Crippen LogP contribution in [0.5, 0.6) is 5.75 Å². The van der Waals surface area contributed by atoms with Gasteiger partial charge in [-0.2, -0.15) is 0 Å². The van der Waals surface area contributed by atoms with Crippen molar-refractivity contribution in [2.45, 2.75) is 0 Å². The van der Waals surface area contributed by atoms with Crippen molar-refractivity contribution in [1.82, 2.24) is 9.55 Å². The predicted octanol–water partition coefficient (Wildman–Crippen LogP) is 1.19. The zero-order chi connectivity index (χ0) is 12.4. The largest absolute Gasteiger partial charge is 0.495 e. The van der Waals surface area contributed by atoms with Gasteiger partial charge in [0.2, 0.25) is 0 Å². The third-order valence-corrected chi connectivity index (χ3v) is 2.56. The van der Waals surface area contributed by atoms with Gasteiger partial charge in [0.1, 0.15) is 5.75 Å². The first-order valence-corrected chi connectivity index (χ1v) is 5.15. The second kappa shape index (κ2) is 4.47. The average Bonchev–Trinajstić information content (AvgIpc) is 2.32. The lowest BCUT2D eigenvalue weighted by molar-refractivity contribution is 0.415. The van der Waals surface area contributed by atoms with E-state index in [2.05, 4.69) is 4.98 Å². The van der Waals surface area contributed by atoms with Crippen molar-refractivity contribution in [3.63, 3.8) is 0 Å². The number of rotatable bonds is 2. The Hall–Kier alpha value is -2.01. The topological polar surface area (TPSA) is 64.1 Å². The minimum Gasteiger partial charge on any atom is -0.495 e. The molecule has 0 spiro atoms. The first-order chi connectivity index (χ1) is 8.13. The minimum absolute atomic E-state index is 0.372. The van der Waals surface area contributed by atoms with Crippen molar-refractivity contribution in [2.24, 2.45) is 0 Å². The molecular formula is C11H9ClN2O3. The van der Waals surface area contributed by atoms with Crippen molar-refractivity contribution in [3.8, 4) is 11.4 Å². The third kappa shape index (κ3) is 2.09. The van der Waals surface area contributed by atoms with E-state index >= 15 is 0 Å². The number of halogens is 1. The molecule has 0 atom stereocenters. The summed E-state index contributed by atoms with van der Waals surface area (Å²) < 4.78 is 6.22. The molecule has 1 N–H and O–H groups in total. The van der Waals surface area contributed by atoms with Gasteiger partial charge in [0.15, 0.2) is 0 Å². The summed E-state index contributed by atoms with van der Waals surface area (Å²) in [6.45, 7) is 0. The molecule has 0 saturated carbocycles. The molecule has 0 unspecified atom stereocenters. The van der Waals surface area contributed by atoms with E-state index < -0.39 is 11.1 Å². The minimum atomic E-state index is -0.681. The van der Waals surface area contributed by atoms with Gasteiger partial charge in [0.05, 0.1) is 17.8 Å². The highest BCUT2D eigenvalue weighted by atomic mass is 35.5. The Morgan fingerprint density at radius 1 is 1.35 bits per heavy atom. The van der Waals surface area contributed by atoms with E-state index in [9.17, 15) is 9.59 Å². The SMILES string of the molecule is COc1ccc(-n2cc[nH]c(=O)c2=O)cc1Cl. The molecule has 2 aromatic rings. The van der Waals surface area contributed by atoms with Crippen LogP contribution in [0.1, 0.15) is 0 Å². The molecule has 6 heteroatoms. The maximum absolute atomic E-state index is 11.6. The van der Waals surface area contributed by atoms with E-state index in [4.69, 9.17) is 16.3 Å². The van der Waals surface area contributed by atoms with Crippen LogP contribution in [0.3, 0.4) is 0 Å². The van der Waals surface area contributed by atoms with E-state index in [1.54, 1.807) is 18.2 Å². The van der Waals surface area contributed by atoms with Crippen LogP contribution in [0, 0.1) is 0 Å². The lowest BCUT2D eigenvalue weighted by Gasteiger charge is -2.07. The first kappa shape index (κ1) is 11.5. The normalized spacial score (nSPS) is 10.2. The quantitative estimate of drug-likeness (QED) is 0.817. The maximum Gasteiger partial charge on any atom is 0.320 e. The van der Waals surface area contributed by atoms with E-state index in [1.165, 1.54) is 24.1 Å². The third-order valence-electron chi connectivity index (χ3n) is 2.26. The molecular weight excluding hydrogens is 244 g/mol. The zero-order valence-corrected chi connectivity index (χ0v) is 9.69. The number of hydrogen-bond acceptors (Lipinski definition) is 3. The van der Waals surface area contributed by atoms with Gasteiger partial charge in [-0.15, -0.1) is 0 Å². The van der Waals surface area contributed by atoms with Crippen LogP contribution in [0.2, 0.25) is 5.02 Å². The molecule has 0 radical (unpaired) electrons. The van der Waals surface area contributed by atoms with Crippen LogP contribution in [-0.4, -0.2) is 16.7 Å². The van der Waals surface area contributed by atoms with E-state index in [0.29, 0.717) is 16.5 Å². The molecule has 0 bridgehead atoms. The fourth-order valence-corrected chi connectivity index (χ4v) is 1.69. The molecule has 17 heavy (non-hydrogen) atoms. The summed E-state index contributed by atoms with van der Waals surface area (Å²) in [5.41, 5.74) is -0.833. The lowest BCUT2D eigenvalue weighted by Crippen LogP contribution is -2.34. The van der Waals surface area contributed by atoms with Gasteiger partial charge in [-0.25, -0.2) is 0 Å². The number of nitrogens with zero attached hydrogens (tertiary/aromatic N) is 1. The van der Waals surface area contributed by atoms with Crippen molar-refractivity contribution in [3.05, 3.63) is 56.3 Å². The smallest absolute Gasteiger partial charge is 0.320 e. The molecule has 0 amide bonds. The summed E-state index contributed by atoms with van der Waals surface area (Å²) in [7, 11) is 1.50. The van der Waals surface area contributed by atoms with Gasteiger partial charge in [-0.1, -0.05) is 11.6 Å². The fourth-order valence-electron chi connectivity index (χ4n) is 1.43. The van der Waals surface area contributed by atoms with Gasteiger partial charge in [-0.05, 0) is 18.2 Å². The zero-order valence-electron chi connectivity index (χ0n) is 8.94. The molecule has 2 rings (SSSR count). The van der Waals surface area contributed by atoms with Gasteiger partial charge >= 0.3 is 11.1 Å². The van der Waals surface area contributed by atoms with Gasteiger partial charge in [-0.3, -0.25) is 14.2 Å². The van der Waals surface area contributed by atoms with E-state index in [-0.39, 0.29) is 0 Å². The van der Waals surface area contributed by atoms with Crippen LogP contribution in [0.4, 0.5) is 0 Å². The number of aromatic amines is 1. The van der Waals surface area contributed by atoms with Crippen molar-refractivity contribution < 1.29 is 4.74 Å². The molecule has 5 nitrogen and oxygen atoms in total. The van der Waals surface area contributed by atoms with Crippen molar-refractivity contribution in [1.29, 1.82) is 0 Å². The number of ether oxygens (including phenoxy) is 1. The Balaban J connectivity index is 2.62. The average molecular weight is 253 g/mol. The predicted molar refractivity (Wildman–Crippen MR) is 64.2 cm³/mol. The number of hydrogen-bond donors (Lipinski definition) is 1. The second-order valence-corrected chi connectivity index (χ2v) is 3.69. The number of nitrogens with one attached hydrogen (secondary N) is 1. The Morgan fingerprint density at radius 3 is 2.76 bits per heavy atom. The summed E-state index contributed by atoms with van der Waals surface area (Å²) in [5, 5.41) is 0.372. The lowest BCUT2D eigenvalue weighted by atomic mass is 10.3. The highest BCUT2D eigenvalue weighted by Crippen LogP contribution is 2.25. The summed E-state index contributed by atoms with van der Waals surface area (Å²) in [5.74, 6) is 0.508. The van der Waals surface area contributed by atoms with Crippen molar-refractivity contribution >= 4 is 11.6 Å². The molecule has 0 aliphatic rings. The molecule has 0 aliphatic carbocycles. The summed E-state index contributed by atoms with van der Waals surface area (Å²) >= 11 is 5.95. The molecule has 0 fully saturated rings. The molecule has 1 aromatic heterocycles. The monoisotopic (exact) mass is 252 g/mol. The Kier molecular flexibility index (Phi) is 3.01. The molecule has 0 saturated heterocycles. The summed E-state index contributed by atoms with van der Waals surface area (Å²) in [4.78, 5) is 25.1. The molecule has 0 aliphatic heterocycles. The molecule has 1 aromatic carbocycles. The Labute approximate surface area is 101 Å². The highest BCUT2D eigenvalue weighted by Gasteiger charge is 2.06. The van der Waals surface area contributed by atoms with E-state index in [0.717, 1.165) is 0 Å². The highest BCUT2D eigenvalue weighted by molar-refractivity contribution is 6.32. The number of methoxy groups -OCH3 is 1. The summed E-state index contributed by atoms with van der Waals surface area (Å²) in [6.07, 6.45) is 2.85. The molecule has 1 heterocycles. The number of H-pyrrole nitrogens is 1. The van der Waals surface area contributed by atoms with Gasteiger partial charge in [0, 0.05) is 12.4 Å². The van der Waals surface area contributed by atoms with Gasteiger partial charge in [0.25, 0.3) is 0 Å². The number of benzene rings is 1. The molecule has 88 valence electrons. The van der Waals surface area contributed by atoms with Crippen LogP contribution < -0.4 is 15.9 Å². The van der Waals surface area contributed by atoms with Crippen LogP contribution in [-0.2, 0) is 0 Å². The standard InChI is InChI=1S/C11H9ClN2O3/c1-17-9-3-2-7(6-8(9)12)14-5-4-13-10(15)11(14)16/h2-6H,1H3,(H,13,15). The van der Waals surface area contributed by atoms with E-state index in [1.807, 2.05) is 0 Å². The Bertz CT molecular complexity index is 660. The fraction of sp³-hybridized carbons (Fsp3) is 0.0909. The Morgan fingerprint density at radius 2 is 2.12 bits per heavy atom. The maximum atomic E-state index is 11.6. The van der Waals surface area contributed by atoms with Crippen LogP contribution >= 0.6 is 11.6 Å². The first-order valence-electron chi connectivity index (χ1n) is 4.78. The van der Waals surface area contributed by atoms with Crippen LogP contribution in [0.15, 0.2) is 40.2 Å². The summed E-state index contributed by atoms with van der Waals surface area (Å²) in [6, 6.07) is 4.83. The van der Waals surface area contributed by atoms with Gasteiger partial charge < -0.3 is 9.72 Å². The second-order valence-electron chi connectivity index (χ2n) is 3.28.